The van der Waals surface area contributed by atoms with Crippen LogP contribution in [0.4, 0.5) is 0 Å². The molecule has 3 fully saturated rings. The first-order valence-corrected chi connectivity index (χ1v) is 15.1. The van der Waals surface area contributed by atoms with Crippen LogP contribution >= 0.6 is 0 Å². The molecule has 0 amide bonds. The predicted molar refractivity (Wildman–Crippen MR) is 141 cm³/mol. The van der Waals surface area contributed by atoms with E-state index in [-0.39, 0.29) is 11.5 Å². The summed E-state index contributed by atoms with van der Waals surface area (Å²) in [5, 5.41) is 10.6. The summed E-state index contributed by atoms with van der Waals surface area (Å²) in [5.41, 5.74) is 1.96. The van der Waals surface area contributed by atoms with Gasteiger partial charge in [-0.25, -0.2) is 0 Å². The van der Waals surface area contributed by atoms with Gasteiger partial charge in [-0.1, -0.05) is 25.5 Å². The first-order valence-electron chi connectivity index (χ1n) is 15.1. The molecule has 0 spiro atoms. The van der Waals surface area contributed by atoms with Crippen molar-refractivity contribution in [3.05, 3.63) is 35.3 Å². The van der Waals surface area contributed by atoms with Gasteiger partial charge in [0.25, 0.3) is 0 Å². The SMILES string of the molecule is CC1CC2=CC(O)CC[C@]2(COC2=CCCCC2)[C@@H]2CC[C@]3(C)C(OC4=CCCCC4)CC[C@H]3[C@H]12. The summed E-state index contributed by atoms with van der Waals surface area (Å²) in [6, 6.07) is 0. The third kappa shape index (κ3) is 4.22. The second kappa shape index (κ2) is 9.58. The minimum Gasteiger partial charge on any atom is -0.497 e. The zero-order chi connectivity index (χ0) is 24.0. The summed E-state index contributed by atoms with van der Waals surface area (Å²) < 4.78 is 13.5. The van der Waals surface area contributed by atoms with E-state index in [1.807, 2.05) is 0 Å². The molecule has 0 heterocycles. The first kappa shape index (κ1) is 24.1. The lowest BCUT2D eigenvalue weighted by Crippen LogP contribution is -2.56. The molecule has 0 aromatic carbocycles. The number of hydrogen-bond acceptors (Lipinski definition) is 3. The summed E-state index contributed by atoms with van der Waals surface area (Å²) >= 11 is 0. The molecule has 0 radical (unpaired) electrons. The van der Waals surface area contributed by atoms with Gasteiger partial charge >= 0.3 is 0 Å². The lowest BCUT2D eigenvalue weighted by Gasteiger charge is -2.61. The summed E-state index contributed by atoms with van der Waals surface area (Å²) in [7, 11) is 0. The maximum absolute atomic E-state index is 10.6. The van der Waals surface area contributed by atoms with E-state index in [1.165, 1.54) is 81.3 Å². The Morgan fingerprint density at radius 3 is 2.43 bits per heavy atom. The zero-order valence-corrected chi connectivity index (χ0v) is 22.3. The lowest BCUT2D eigenvalue weighted by molar-refractivity contribution is -0.118. The number of ether oxygens (including phenoxy) is 2. The molecule has 0 aromatic rings. The molecule has 0 bridgehead atoms. The van der Waals surface area contributed by atoms with E-state index in [1.54, 1.807) is 0 Å². The van der Waals surface area contributed by atoms with E-state index in [2.05, 4.69) is 32.1 Å². The Balaban J connectivity index is 1.27. The summed E-state index contributed by atoms with van der Waals surface area (Å²) in [4.78, 5) is 0. The number of rotatable bonds is 5. The van der Waals surface area contributed by atoms with Crippen LogP contribution in [0.1, 0.15) is 110 Å². The van der Waals surface area contributed by atoms with Crippen molar-refractivity contribution in [1.82, 2.24) is 0 Å². The Labute approximate surface area is 213 Å². The number of allylic oxidation sites excluding steroid dienone is 4. The molecule has 0 aliphatic heterocycles. The molecular weight excluding hydrogens is 432 g/mol. The topological polar surface area (TPSA) is 38.7 Å². The van der Waals surface area contributed by atoms with Crippen LogP contribution in [-0.2, 0) is 9.47 Å². The molecule has 194 valence electrons. The largest absolute Gasteiger partial charge is 0.497 e. The highest BCUT2D eigenvalue weighted by molar-refractivity contribution is 5.28. The average Bonchev–Trinajstić information content (AvgIpc) is 3.20. The van der Waals surface area contributed by atoms with Crippen molar-refractivity contribution in [2.45, 2.75) is 122 Å². The molecule has 8 atom stereocenters. The summed E-state index contributed by atoms with van der Waals surface area (Å²) in [6.45, 7) is 5.92. The van der Waals surface area contributed by atoms with Crippen LogP contribution in [0.5, 0.6) is 0 Å². The normalized spacial score (nSPS) is 45.3. The monoisotopic (exact) mass is 480 g/mol. The summed E-state index contributed by atoms with van der Waals surface area (Å²) in [6.07, 6.45) is 25.2. The van der Waals surface area contributed by atoms with Gasteiger partial charge in [0.05, 0.1) is 24.2 Å². The lowest BCUT2D eigenvalue weighted by atomic mass is 9.45. The number of fused-ring (bicyclic) bond motifs is 5. The van der Waals surface area contributed by atoms with Crippen LogP contribution in [0.3, 0.4) is 0 Å². The van der Waals surface area contributed by atoms with E-state index >= 15 is 0 Å². The number of aliphatic hydroxyl groups excluding tert-OH is 1. The molecular formula is C32H48O3. The molecule has 1 N–H and O–H groups in total. The minimum absolute atomic E-state index is 0.126. The van der Waals surface area contributed by atoms with Crippen LogP contribution in [0.2, 0.25) is 0 Å². The van der Waals surface area contributed by atoms with Gasteiger partial charge in [0.15, 0.2) is 0 Å². The summed E-state index contributed by atoms with van der Waals surface area (Å²) in [5.74, 6) is 5.39. The highest BCUT2D eigenvalue weighted by atomic mass is 16.5. The van der Waals surface area contributed by atoms with Crippen LogP contribution in [0.15, 0.2) is 35.3 Å². The third-order valence-corrected chi connectivity index (χ3v) is 11.4. The Bertz CT molecular complexity index is 885. The van der Waals surface area contributed by atoms with Crippen molar-refractivity contribution in [1.29, 1.82) is 0 Å². The van der Waals surface area contributed by atoms with Gasteiger partial charge in [0.1, 0.15) is 6.10 Å². The van der Waals surface area contributed by atoms with E-state index < -0.39 is 0 Å². The second-order valence-corrected chi connectivity index (χ2v) is 13.3. The van der Waals surface area contributed by atoms with Gasteiger partial charge < -0.3 is 14.6 Å². The highest BCUT2D eigenvalue weighted by Gasteiger charge is 2.62. The van der Waals surface area contributed by atoms with Crippen molar-refractivity contribution in [2.24, 2.45) is 34.5 Å². The predicted octanol–water partition coefficient (Wildman–Crippen LogP) is 7.85. The first-order chi connectivity index (χ1) is 17.0. The molecule has 35 heavy (non-hydrogen) atoms. The maximum Gasteiger partial charge on any atom is 0.104 e. The molecule has 6 aliphatic carbocycles. The molecule has 6 rings (SSSR count). The van der Waals surface area contributed by atoms with Crippen molar-refractivity contribution in [3.63, 3.8) is 0 Å². The smallest absolute Gasteiger partial charge is 0.104 e. The minimum atomic E-state index is -0.266. The van der Waals surface area contributed by atoms with Crippen molar-refractivity contribution >= 4 is 0 Å². The average molecular weight is 481 g/mol. The molecule has 3 unspecified atom stereocenters. The van der Waals surface area contributed by atoms with Crippen LogP contribution in [0.25, 0.3) is 0 Å². The van der Waals surface area contributed by atoms with Crippen LogP contribution in [-0.4, -0.2) is 23.9 Å². The quantitative estimate of drug-likeness (QED) is 0.407. The number of hydrogen-bond donors (Lipinski definition) is 1. The molecule has 3 saturated carbocycles. The van der Waals surface area contributed by atoms with Gasteiger partial charge in [0, 0.05) is 23.7 Å². The van der Waals surface area contributed by atoms with Gasteiger partial charge in [-0.2, -0.15) is 0 Å². The molecule has 0 saturated heterocycles. The molecule has 3 nitrogen and oxygen atoms in total. The third-order valence-electron chi connectivity index (χ3n) is 11.4. The van der Waals surface area contributed by atoms with Crippen LogP contribution < -0.4 is 0 Å². The Morgan fingerprint density at radius 1 is 0.914 bits per heavy atom. The van der Waals surface area contributed by atoms with E-state index in [0.717, 1.165) is 50.5 Å². The molecule has 6 aliphatic rings. The van der Waals surface area contributed by atoms with Gasteiger partial charge in [0.2, 0.25) is 0 Å². The van der Waals surface area contributed by atoms with Crippen molar-refractivity contribution < 1.29 is 14.6 Å². The molecule has 0 aromatic heterocycles. The van der Waals surface area contributed by atoms with E-state index in [9.17, 15) is 5.11 Å². The zero-order valence-electron chi connectivity index (χ0n) is 22.3. The van der Waals surface area contributed by atoms with E-state index in [0.29, 0.717) is 23.4 Å². The van der Waals surface area contributed by atoms with Crippen molar-refractivity contribution in [3.8, 4) is 0 Å². The second-order valence-electron chi connectivity index (χ2n) is 13.3. The van der Waals surface area contributed by atoms with Gasteiger partial charge in [-0.3, -0.25) is 0 Å². The highest BCUT2D eigenvalue weighted by Crippen LogP contribution is 2.67. The maximum atomic E-state index is 10.6. The standard InChI is InChI=1S/C32H48O3/c1-22-19-23-20-24(33)15-18-32(23,21-34-25-9-5-3-6-10-25)28-16-17-31(2)27(30(22)28)13-14-29(31)35-26-11-7-4-8-12-26/h9,11,20,22,24,27-30,33H,3-8,10,12-19,21H2,1-2H3/t22?,24?,27-,28+,29?,30-,31-,32+/m0/s1. The van der Waals surface area contributed by atoms with Crippen LogP contribution in [0, 0.1) is 34.5 Å². The Kier molecular flexibility index (Phi) is 6.61. The van der Waals surface area contributed by atoms with Gasteiger partial charge in [-0.05, 0) is 119 Å². The van der Waals surface area contributed by atoms with Crippen molar-refractivity contribution in [2.75, 3.05) is 6.61 Å². The fourth-order valence-electron chi connectivity index (χ4n) is 9.54. The molecule has 3 heteroatoms. The van der Waals surface area contributed by atoms with Gasteiger partial charge in [-0.15, -0.1) is 0 Å². The Morgan fingerprint density at radius 2 is 1.69 bits per heavy atom. The fourth-order valence-corrected chi connectivity index (χ4v) is 9.54. The fraction of sp³-hybridized carbons (Fsp3) is 0.812. The number of aliphatic hydroxyl groups is 1. The van der Waals surface area contributed by atoms with E-state index in [4.69, 9.17) is 9.47 Å². The Hall–Kier alpha value is -1.22.